The zero-order chi connectivity index (χ0) is 19.8. The Hall–Kier alpha value is -2.58. The molecule has 1 saturated heterocycles. The molecule has 1 aromatic carbocycles. The molecule has 2 aromatic heterocycles. The van der Waals surface area contributed by atoms with Crippen molar-refractivity contribution in [1.82, 2.24) is 30.0 Å². The molecule has 2 aliphatic rings. The second-order valence-electron chi connectivity index (χ2n) is 8.00. The molecule has 29 heavy (non-hydrogen) atoms. The molecule has 0 aliphatic carbocycles. The van der Waals surface area contributed by atoms with Gasteiger partial charge in [0, 0.05) is 44.0 Å². The number of amides is 1. The maximum atomic E-state index is 12.7. The van der Waals surface area contributed by atoms with Crippen LogP contribution < -0.4 is 5.32 Å². The summed E-state index contributed by atoms with van der Waals surface area (Å²) in [5.41, 5.74) is 4.14. The van der Waals surface area contributed by atoms with E-state index in [0.29, 0.717) is 24.2 Å². The van der Waals surface area contributed by atoms with E-state index in [1.165, 1.54) is 4.88 Å². The van der Waals surface area contributed by atoms with Gasteiger partial charge in [0.2, 0.25) is 5.82 Å². The predicted octanol–water partition coefficient (Wildman–Crippen LogP) is 2.28. The van der Waals surface area contributed by atoms with Crippen molar-refractivity contribution in [3.8, 4) is 0 Å². The van der Waals surface area contributed by atoms with E-state index in [0.717, 1.165) is 49.7 Å². The number of aromatic nitrogens is 4. The molecule has 0 saturated carbocycles. The monoisotopic (exact) mass is 408 g/mol. The lowest BCUT2D eigenvalue weighted by Crippen LogP contribution is -2.32. The van der Waals surface area contributed by atoms with E-state index in [2.05, 4.69) is 32.3 Å². The Bertz CT molecular complexity index is 1010. The van der Waals surface area contributed by atoms with Crippen LogP contribution in [-0.2, 0) is 26.1 Å². The largest absolute Gasteiger partial charge is 0.345 e. The third-order valence-corrected chi connectivity index (χ3v) is 6.97. The van der Waals surface area contributed by atoms with Crippen molar-refractivity contribution in [2.75, 3.05) is 13.1 Å². The molecule has 3 aromatic rings. The van der Waals surface area contributed by atoms with Crippen LogP contribution in [0.4, 0.5) is 0 Å². The van der Waals surface area contributed by atoms with Gasteiger partial charge in [0.15, 0.2) is 0 Å². The molecule has 2 atom stereocenters. The minimum absolute atomic E-state index is 0.152. The summed E-state index contributed by atoms with van der Waals surface area (Å²) in [5, 5.41) is 11.5. The second kappa shape index (κ2) is 7.68. The fourth-order valence-corrected chi connectivity index (χ4v) is 5.28. The lowest BCUT2D eigenvalue weighted by atomic mass is 9.89. The first-order valence-corrected chi connectivity index (χ1v) is 10.9. The number of carbonyl (C=O) groups excluding carboxylic acids is 1. The van der Waals surface area contributed by atoms with Gasteiger partial charge in [-0.05, 0) is 24.3 Å². The number of thiazole rings is 1. The summed E-state index contributed by atoms with van der Waals surface area (Å²) in [6.07, 6.45) is 0.891. The molecule has 0 bridgehead atoms. The molecule has 150 valence electrons. The Labute approximate surface area is 173 Å². The standard InChI is InChI=1S/C21H24N6OS/c1-14-18(29-13-23-14)12-26-9-16-7-19-24-25-20(27(19)11-17(16)10-26)21(28)22-8-15-5-3-2-4-6-15/h2-6,13,16-17H,7-12H2,1H3,(H,22,28)/t16-,17+/m0/s1. The molecule has 4 heterocycles. The van der Waals surface area contributed by atoms with Crippen molar-refractivity contribution in [1.29, 1.82) is 0 Å². The molecule has 0 unspecified atom stereocenters. The first kappa shape index (κ1) is 18.4. The van der Waals surface area contributed by atoms with Gasteiger partial charge in [-0.3, -0.25) is 9.69 Å². The van der Waals surface area contributed by atoms with E-state index in [4.69, 9.17) is 0 Å². The van der Waals surface area contributed by atoms with Gasteiger partial charge in [0.1, 0.15) is 5.82 Å². The number of benzene rings is 1. The molecule has 5 rings (SSSR count). The van der Waals surface area contributed by atoms with Crippen LogP contribution in [0.5, 0.6) is 0 Å². The average Bonchev–Trinajstić information content (AvgIpc) is 3.43. The first-order chi connectivity index (χ1) is 14.2. The number of nitrogens with zero attached hydrogens (tertiary/aromatic N) is 5. The summed E-state index contributed by atoms with van der Waals surface area (Å²) < 4.78 is 2.03. The molecular weight excluding hydrogens is 384 g/mol. The van der Waals surface area contributed by atoms with E-state index in [1.807, 2.05) is 40.4 Å². The molecule has 0 spiro atoms. The van der Waals surface area contributed by atoms with Crippen LogP contribution in [0.2, 0.25) is 0 Å². The van der Waals surface area contributed by atoms with Gasteiger partial charge in [-0.1, -0.05) is 30.3 Å². The molecule has 7 nitrogen and oxygen atoms in total. The van der Waals surface area contributed by atoms with Gasteiger partial charge in [0.05, 0.1) is 11.2 Å². The van der Waals surface area contributed by atoms with Crippen molar-refractivity contribution in [3.05, 3.63) is 63.6 Å². The fraction of sp³-hybridized carbons (Fsp3) is 0.429. The quantitative estimate of drug-likeness (QED) is 0.701. The molecular formula is C21H24N6OS. The molecule has 0 radical (unpaired) electrons. The van der Waals surface area contributed by atoms with Crippen LogP contribution >= 0.6 is 11.3 Å². The highest BCUT2D eigenvalue weighted by atomic mass is 32.1. The summed E-state index contributed by atoms with van der Waals surface area (Å²) in [6, 6.07) is 9.92. The Morgan fingerprint density at radius 2 is 2.00 bits per heavy atom. The van der Waals surface area contributed by atoms with Gasteiger partial charge in [0.25, 0.3) is 5.91 Å². The Kier molecular flexibility index (Phi) is 4.89. The smallest absolute Gasteiger partial charge is 0.289 e. The van der Waals surface area contributed by atoms with Crippen LogP contribution in [0.15, 0.2) is 35.8 Å². The number of nitrogens with one attached hydrogen (secondary N) is 1. The number of likely N-dealkylation sites (tertiary alicyclic amines) is 1. The summed E-state index contributed by atoms with van der Waals surface area (Å²) in [4.78, 5) is 20.9. The molecule has 1 N–H and O–H groups in total. The fourth-order valence-electron chi connectivity index (χ4n) is 4.46. The minimum Gasteiger partial charge on any atom is -0.345 e. The number of aryl methyl sites for hydroxylation is 1. The van der Waals surface area contributed by atoms with Crippen LogP contribution in [0.25, 0.3) is 0 Å². The van der Waals surface area contributed by atoms with Crippen molar-refractivity contribution in [2.45, 2.75) is 33.0 Å². The number of rotatable bonds is 5. The zero-order valence-electron chi connectivity index (χ0n) is 16.4. The van der Waals surface area contributed by atoms with E-state index in [9.17, 15) is 4.79 Å². The van der Waals surface area contributed by atoms with Crippen molar-refractivity contribution >= 4 is 17.2 Å². The van der Waals surface area contributed by atoms with Crippen LogP contribution in [-0.4, -0.2) is 43.6 Å². The van der Waals surface area contributed by atoms with Gasteiger partial charge >= 0.3 is 0 Å². The summed E-state index contributed by atoms with van der Waals surface area (Å²) >= 11 is 1.74. The van der Waals surface area contributed by atoms with Crippen molar-refractivity contribution in [3.63, 3.8) is 0 Å². The maximum absolute atomic E-state index is 12.7. The topological polar surface area (TPSA) is 75.9 Å². The third-order valence-electron chi connectivity index (χ3n) is 6.05. The number of carbonyl (C=O) groups is 1. The normalized spacial score (nSPS) is 21.0. The van der Waals surface area contributed by atoms with Crippen LogP contribution in [0.3, 0.4) is 0 Å². The Morgan fingerprint density at radius 3 is 2.79 bits per heavy atom. The SMILES string of the molecule is Cc1ncsc1CN1C[C@@H]2Cn3c(nnc3C(=O)NCc3ccccc3)C[C@H]2C1. The van der Waals surface area contributed by atoms with Crippen LogP contribution in [0.1, 0.15) is 32.6 Å². The highest BCUT2D eigenvalue weighted by Crippen LogP contribution is 2.33. The molecule has 8 heteroatoms. The number of hydrogen-bond donors (Lipinski definition) is 1. The highest BCUT2D eigenvalue weighted by molar-refractivity contribution is 7.09. The van der Waals surface area contributed by atoms with Crippen LogP contribution in [0, 0.1) is 18.8 Å². The second-order valence-corrected chi connectivity index (χ2v) is 8.94. The molecule has 1 fully saturated rings. The van der Waals surface area contributed by atoms with Gasteiger partial charge in [-0.2, -0.15) is 0 Å². The first-order valence-electron chi connectivity index (χ1n) is 10.0. The molecule has 1 amide bonds. The summed E-state index contributed by atoms with van der Waals surface area (Å²) in [7, 11) is 0. The van der Waals surface area contributed by atoms with E-state index in [1.54, 1.807) is 11.3 Å². The Morgan fingerprint density at radius 1 is 1.17 bits per heavy atom. The zero-order valence-corrected chi connectivity index (χ0v) is 17.2. The van der Waals surface area contributed by atoms with Gasteiger partial charge in [-0.15, -0.1) is 21.5 Å². The van der Waals surface area contributed by atoms with Crippen molar-refractivity contribution < 1.29 is 4.79 Å². The Balaban J connectivity index is 1.24. The predicted molar refractivity (Wildman–Crippen MR) is 110 cm³/mol. The number of fused-ring (bicyclic) bond motifs is 2. The van der Waals surface area contributed by atoms with Crippen molar-refractivity contribution in [2.24, 2.45) is 11.8 Å². The summed E-state index contributed by atoms with van der Waals surface area (Å²) in [5.74, 6) is 2.34. The highest BCUT2D eigenvalue weighted by Gasteiger charge is 2.39. The minimum atomic E-state index is -0.152. The number of hydrogen-bond acceptors (Lipinski definition) is 6. The summed E-state index contributed by atoms with van der Waals surface area (Å²) in [6.45, 7) is 6.48. The molecule has 2 aliphatic heterocycles. The lowest BCUT2D eigenvalue weighted by molar-refractivity contribution is 0.0932. The van der Waals surface area contributed by atoms with E-state index in [-0.39, 0.29) is 5.91 Å². The lowest BCUT2D eigenvalue weighted by Gasteiger charge is -2.25. The maximum Gasteiger partial charge on any atom is 0.289 e. The van der Waals surface area contributed by atoms with Gasteiger partial charge < -0.3 is 9.88 Å². The third kappa shape index (κ3) is 3.70. The van der Waals surface area contributed by atoms with Gasteiger partial charge in [-0.25, -0.2) is 4.98 Å². The van der Waals surface area contributed by atoms with E-state index < -0.39 is 0 Å². The van der Waals surface area contributed by atoms with E-state index >= 15 is 0 Å². The average molecular weight is 409 g/mol.